The van der Waals surface area contributed by atoms with Crippen molar-refractivity contribution in [1.82, 2.24) is 0 Å². The summed E-state index contributed by atoms with van der Waals surface area (Å²) in [5.74, 6) is 0.295. The van der Waals surface area contributed by atoms with Gasteiger partial charge in [-0.25, -0.2) is 0 Å². The molecule has 1 aliphatic rings. The van der Waals surface area contributed by atoms with Gasteiger partial charge in [-0.15, -0.1) is 0 Å². The lowest BCUT2D eigenvalue weighted by atomic mass is 10.1. The number of hydrogen-bond donors (Lipinski definition) is 1. The van der Waals surface area contributed by atoms with Crippen LogP contribution in [-0.4, -0.2) is 12.4 Å². The lowest BCUT2D eigenvalue weighted by Crippen LogP contribution is -2.06. The number of nitrogens with two attached hydrogens (primary N) is 1. The predicted molar refractivity (Wildman–Crippen MR) is 53.8 cm³/mol. The number of carbonyl (C=O) groups excluding carboxylic acids is 1. The molecule has 0 saturated carbocycles. The summed E-state index contributed by atoms with van der Waals surface area (Å²) in [6.45, 7) is 0.591. The Hall–Kier alpha value is -1.77. The quantitative estimate of drug-likeness (QED) is 0.569. The van der Waals surface area contributed by atoms with E-state index in [9.17, 15) is 4.79 Å². The first kappa shape index (κ1) is 8.81. The summed E-state index contributed by atoms with van der Waals surface area (Å²) >= 11 is 0. The van der Waals surface area contributed by atoms with Crippen LogP contribution in [-0.2, 0) is 4.74 Å². The van der Waals surface area contributed by atoms with Crippen LogP contribution < -0.4 is 5.73 Å². The highest BCUT2D eigenvalue weighted by atomic mass is 16.5. The molecule has 0 aromatic heterocycles. The summed E-state index contributed by atoms with van der Waals surface area (Å²) in [4.78, 5) is 11.8. The molecule has 3 nitrogen and oxygen atoms in total. The second-order valence-electron chi connectivity index (χ2n) is 3.12. The van der Waals surface area contributed by atoms with Crippen molar-refractivity contribution in [2.45, 2.75) is 6.42 Å². The normalized spacial score (nSPS) is 14.7. The van der Waals surface area contributed by atoms with Crippen molar-refractivity contribution in [3.63, 3.8) is 0 Å². The summed E-state index contributed by atoms with van der Waals surface area (Å²) in [6.07, 6.45) is 2.60. The summed E-state index contributed by atoms with van der Waals surface area (Å²) in [5.41, 5.74) is 6.69. The Morgan fingerprint density at radius 1 is 1.36 bits per heavy atom. The first-order chi connectivity index (χ1) is 6.79. The molecule has 0 fully saturated rings. The maximum Gasteiger partial charge on any atom is 0.229 e. The van der Waals surface area contributed by atoms with Crippen LogP contribution in [0.15, 0.2) is 36.1 Å². The molecule has 1 heterocycles. The van der Waals surface area contributed by atoms with Gasteiger partial charge < -0.3 is 10.5 Å². The number of nitrogen functional groups attached to an aromatic ring is 1. The van der Waals surface area contributed by atoms with Crippen LogP contribution in [0.5, 0.6) is 0 Å². The van der Waals surface area contributed by atoms with Gasteiger partial charge in [0, 0.05) is 17.7 Å². The van der Waals surface area contributed by atoms with Crippen LogP contribution in [0.2, 0.25) is 0 Å². The van der Waals surface area contributed by atoms with Crippen LogP contribution >= 0.6 is 0 Å². The number of ether oxygens (including phenoxy) is 1. The van der Waals surface area contributed by atoms with Crippen LogP contribution in [0.1, 0.15) is 16.8 Å². The molecule has 0 atom stereocenters. The third kappa shape index (κ3) is 1.48. The van der Waals surface area contributed by atoms with E-state index in [2.05, 4.69) is 0 Å². The van der Waals surface area contributed by atoms with E-state index in [0.29, 0.717) is 23.6 Å². The van der Waals surface area contributed by atoms with Crippen LogP contribution in [0.4, 0.5) is 5.69 Å². The average Bonchev–Trinajstić information content (AvgIpc) is 2.70. The number of para-hydroxylation sites is 1. The average molecular weight is 189 g/mol. The third-order valence-electron chi connectivity index (χ3n) is 2.13. The molecular formula is C11H11NO2. The predicted octanol–water partition coefficient (Wildman–Crippen LogP) is 1.76. The van der Waals surface area contributed by atoms with E-state index in [1.165, 1.54) is 0 Å². The van der Waals surface area contributed by atoms with Crippen molar-refractivity contribution >= 4 is 11.5 Å². The van der Waals surface area contributed by atoms with Crippen molar-refractivity contribution in [1.29, 1.82) is 0 Å². The van der Waals surface area contributed by atoms with Crippen molar-refractivity contribution in [3.05, 3.63) is 41.7 Å². The molecule has 0 amide bonds. The summed E-state index contributed by atoms with van der Waals surface area (Å²) in [5, 5.41) is 0. The molecule has 0 saturated heterocycles. The van der Waals surface area contributed by atoms with E-state index in [0.717, 1.165) is 6.42 Å². The minimum Gasteiger partial charge on any atom is -0.489 e. The topological polar surface area (TPSA) is 52.3 Å². The van der Waals surface area contributed by atoms with E-state index < -0.39 is 0 Å². The lowest BCUT2D eigenvalue weighted by molar-refractivity contribution is 0.0943. The van der Waals surface area contributed by atoms with Gasteiger partial charge in [-0.1, -0.05) is 12.1 Å². The van der Waals surface area contributed by atoms with Gasteiger partial charge in [0.15, 0.2) is 5.76 Å². The van der Waals surface area contributed by atoms with Gasteiger partial charge >= 0.3 is 0 Å². The third-order valence-corrected chi connectivity index (χ3v) is 2.13. The fraction of sp³-hybridized carbons (Fsp3) is 0.182. The molecule has 1 aromatic carbocycles. The number of hydrogen-bond acceptors (Lipinski definition) is 3. The number of carbonyl (C=O) groups is 1. The molecule has 14 heavy (non-hydrogen) atoms. The number of anilines is 1. The summed E-state index contributed by atoms with van der Waals surface area (Å²) < 4.78 is 5.18. The van der Waals surface area contributed by atoms with E-state index in [4.69, 9.17) is 10.5 Å². The van der Waals surface area contributed by atoms with E-state index >= 15 is 0 Å². The highest BCUT2D eigenvalue weighted by Crippen LogP contribution is 2.19. The molecule has 0 radical (unpaired) electrons. The number of Topliss-reactive ketones (excluding diaryl/α,β-unsaturated/α-hetero) is 1. The molecule has 72 valence electrons. The number of ketones is 1. The zero-order valence-corrected chi connectivity index (χ0v) is 7.69. The first-order valence-electron chi connectivity index (χ1n) is 4.51. The van der Waals surface area contributed by atoms with Crippen LogP contribution in [0.3, 0.4) is 0 Å². The second kappa shape index (κ2) is 3.54. The zero-order chi connectivity index (χ0) is 9.97. The maximum atomic E-state index is 11.8. The Morgan fingerprint density at radius 2 is 2.14 bits per heavy atom. The monoisotopic (exact) mass is 189 g/mol. The zero-order valence-electron chi connectivity index (χ0n) is 7.69. The Balaban J connectivity index is 2.31. The molecule has 0 aliphatic carbocycles. The molecule has 0 bridgehead atoms. The number of allylic oxidation sites excluding steroid dienone is 1. The molecular weight excluding hydrogens is 178 g/mol. The van der Waals surface area contributed by atoms with Gasteiger partial charge in [-0.2, -0.15) is 0 Å². The Morgan fingerprint density at radius 3 is 2.79 bits per heavy atom. The highest BCUT2D eigenvalue weighted by molar-refractivity contribution is 6.10. The van der Waals surface area contributed by atoms with Gasteiger partial charge in [-0.3, -0.25) is 4.79 Å². The Labute approximate surface area is 82.2 Å². The fourth-order valence-electron chi connectivity index (χ4n) is 1.41. The van der Waals surface area contributed by atoms with Gasteiger partial charge in [0.25, 0.3) is 0 Å². The standard InChI is InChI=1S/C11H11NO2/c12-9-5-2-1-4-8(9)11(13)10-6-3-7-14-10/h1-2,4-6H,3,7,12H2. The second-order valence-corrected chi connectivity index (χ2v) is 3.12. The van der Waals surface area contributed by atoms with Crippen molar-refractivity contribution < 1.29 is 9.53 Å². The molecule has 1 aromatic rings. The molecule has 2 rings (SSSR count). The summed E-state index contributed by atoms with van der Waals surface area (Å²) in [6, 6.07) is 7.01. The molecule has 2 N–H and O–H groups in total. The molecule has 0 unspecified atom stereocenters. The Bertz CT molecular complexity index is 396. The maximum absolute atomic E-state index is 11.8. The van der Waals surface area contributed by atoms with Gasteiger partial charge in [0.2, 0.25) is 5.78 Å². The minimum absolute atomic E-state index is 0.124. The molecule has 1 aliphatic heterocycles. The largest absolute Gasteiger partial charge is 0.489 e. The minimum atomic E-state index is -0.124. The fourth-order valence-corrected chi connectivity index (χ4v) is 1.41. The van der Waals surface area contributed by atoms with Gasteiger partial charge in [-0.05, 0) is 18.2 Å². The van der Waals surface area contributed by atoms with Crippen molar-refractivity contribution in [3.8, 4) is 0 Å². The van der Waals surface area contributed by atoms with Gasteiger partial charge in [0.05, 0.1) is 6.61 Å². The molecule has 0 spiro atoms. The van der Waals surface area contributed by atoms with Crippen LogP contribution in [0, 0.1) is 0 Å². The summed E-state index contributed by atoms with van der Waals surface area (Å²) in [7, 11) is 0. The lowest BCUT2D eigenvalue weighted by Gasteiger charge is -2.05. The van der Waals surface area contributed by atoms with Crippen LogP contribution in [0.25, 0.3) is 0 Å². The van der Waals surface area contributed by atoms with Crippen molar-refractivity contribution in [2.24, 2.45) is 0 Å². The van der Waals surface area contributed by atoms with Gasteiger partial charge in [0.1, 0.15) is 0 Å². The van der Waals surface area contributed by atoms with E-state index in [1.54, 1.807) is 30.3 Å². The Kier molecular flexibility index (Phi) is 2.23. The molecule has 3 heteroatoms. The highest BCUT2D eigenvalue weighted by Gasteiger charge is 2.18. The number of rotatable bonds is 2. The number of benzene rings is 1. The first-order valence-corrected chi connectivity index (χ1v) is 4.51. The van der Waals surface area contributed by atoms with E-state index in [-0.39, 0.29) is 5.78 Å². The SMILES string of the molecule is Nc1ccccc1C(=O)C1=CCCO1. The van der Waals surface area contributed by atoms with Crippen molar-refractivity contribution in [2.75, 3.05) is 12.3 Å². The van der Waals surface area contributed by atoms with E-state index in [1.807, 2.05) is 0 Å². The smallest absolute Gasteiger partial charge is 0.229 e.